The lowest BCUT2D eigenvalue weighted by Gasteiger charge is -2.39. The van der Waals surface area contributed by atoms with Crippen LogP contribution in [0.5, 0.6) is 0 Å². The molecule has 0 aliphatic carbocycles. The maximum atomic E-state index is 12.9. The molecule has 2 N–H and O–H groups in total. The zero-order valence-corrected chi connectivity index (χ0v) is 13.3. The molecular formula is C15H28N4O2. The van der Waals surface area contributed by atoms with Gasteiger partial charge < -0.3 is 20.4 Å². The van der Waals surface area contributed by atoms with E-state index in [0.29, 0.717) is 32.7 Å². The van der Waals surface area contributed by atoms with Gasteiger partial charge in [-0.1, -0.05) is 13.3 Å². The Morgan fingerprint density at radius 1 is 1.14 bits per heavy atom. The lowest BCUT2D eigenvalue weighted by atomic mass is 9.81. The van der Waals surface area contributed by atoms with Gasteiger partial charge in [-0.25, -0.2) is 4.79 Å². The highest BCUT2D eigenvalue weighted by Gasteiger charge is 2.43. The molecule has 2 aliphatic rings. The van der Waals surface area contributed by atoms with Crippen LogP contribution in [-0.2, 0) is 4.79 Å². The second kappa shape index (κ2) is 7.11. The number of amides is 3. The summed E-state index contributed by atoms with van der Waals surface area (Å²) in [4.78, 5) is 28.4. The van der Waals surface area contributed by atoms with Crippen LogP contribution < -0.4 is 10.6 Å². The second-order valence-corrected chi connectivity index (χ2v) is 6.07. The number of carbonyl (C=O) groups excluding carboxylic acids is 2. The van der Waals surface area contributed by atoms with E-state index in [4.69, 9.17) is 0 Å². The summed E-state index contributed by atoms with van der Waals surface area (Å²) >= 11 is 0. The molecule has 0 saturated carbocycles. The molecular weight excluding hydrogens is 268 g/mol. The van der Waals surface area contributed by atoms with E-state index in [1.54, 1.807) is 4.90 Å². The van der Waals surface area contributed by atoms with Crippen LogP contribution in [0.15, 0.2) is 0 Å². The van der Waals surface area contributed by atoms with E-state index in [0.717, 1.165) is 32.4 Å². The first kappa shape index (κ1) is 16.1. The molecule has 2 rings (SSSR count). The SMILES string of the molecule is CCCC1(C(=O)N2CCN(C(=O)NCC)CC2)CCNC1. The van der Waals surface area contributed by atoms with Crippen molar-refractivity contribution in [2.24, 2.45) is 5.41 Å². The molecule has 1 atom stereocenters. The molecule has 6 heteroatoms. The van der Waals surface area contributed by atoms with Crippen molar-refractivity contribution in [2.45, 2.75) is 33.1 Å². The third-order valence-corrected chi connectivity index (χ3v) is 4.61. The maximum absolute atomic E-state index is 12.9. The van der Waals surface area contributed by atoms with Gasteiger partial charge in [-0.3, -0.25) is 4.79 Å². The monoisotopic (exact) mass is 296 g/mol. The molecule has 120 valence electrons. The lowest BCUT2D eigenvalue weighted by molar-refractivity contribution is -0.143. The van der Waals surface area contributed by atoms with E-state index in [2.05, 4.69) is 17.6 Å². The van der Waals surface area contributed by atoms with Crippen molar-refractivity contribution in [1.29, 1.82) is 0 Å². The van der Waals surface area contributed by atoms with Gasteiger partial charge in [-0.15, -0.1) is 0 Å². The van der Waals surface area contributed by atoms with Gasteiger partial charge in [0.15, 0.2) is 0 Å². The van der Waals surface area contributed by atoms with Crippen molar-refractivity contribution in [3.05, 3.63) is 0 Å². The van der Waals surface area contributed by atoms with Crippen LogP contribution in [0.25, 0.3) is 0 Å². The normalized spacial score (nSPS) is 26.0. The molecule has 2 heterocycles. The molecule has 1 unspecified atom stereocenters. The average Bonchev–Trinajstić information content (AvgIpc) is 2.97. The zero-order valence-electron chi connectivity index (χ0n) is 13.3. The van der Waals surface area contributed by atoms with Crippen LogP contribution >= 0.6 is 0 Å². The van der Waals surface area contributed by atoms with E-state index in [9.17, 15) is 9.59 Å². The first-order valence-corrected chi connectivity index (χ1v) is 8.16. The molecule has 0 radical (unpaired) electrons. The van der Waals surface area contributed by atoms with Crippen LogP contribution in [0.1, 0.15) is 33.1 Å². The third kappa shape index (κ3) is 3.48. The van der Waals surface area contributed by atoms with Crippen LogP contribution in [0.4, 0.5) is 4.79 Å². The summed E-state index contributed by atoms with van der Waals surface area (Å²) in [5.74, 6) is 0.282. The molecule has 2 saturated heterocycles. The van der Waals surface area contributed by atoms with Crippen molar-refractivity contribution in [3.63, 3.8) is 0 Å². The summed E-state index contributed by atoms with van der Waals surface area (Å²) in [5.41, 5.74) is -0.206. The van der Waals surface area contributed by atoms with E-state index in [1.165, 1.54) is 0 Å². The van der Waals surface area contributed by atoms with E-state index < -0.39 is 0 Å². The Bertz CT molecular complexity index is 372. The fourth-order valence-electron chi connectivity index (χ4n) is 3.44. The van der Waals surface area contributed by atoms with Crippen molar-refractivity contribution < 1.29 is 9.59 Å². The highest BCUT2D eigenvalue weighted by Crippen LogP contribution is 2.33. The quantitative estimate of drug-likeness (QED) is 0.800. The largest absolute Gasteiger partial charge is 0.339 e. The average molecular weight is 296 g/mol. The number of hydrogen-bond donors (Lipinski definition) is 2. The van der Waals surface area contributed by atoms with Crippen molar-refractivity contribution in [1.82, 2.24) is 20.4 Å². The first-order valence-electron chi connectivity index (χ1n) is 8.16. The fraction of sp³-hybridized carbons (Fsp3) is 0.867. The number of rotatable bonds is 4. The third-order valence-electron chi connectivity index (χ3n) is 4.61. The molecule has 0 aromatic heterocycles. The van der Waals surface area contributed by atoms with Crippen molar-refractivity contribution in [3.8, 4) is 0 Å². The summed E-state index contributed by atoms with van der Waals surface area (Å²) in [5, 5.41) is 6.16. The Morgan fingerprint density at radius 3 is 2.33 bits per heavy atom. The zero-order chi connectivity index (χ0) is 15.3. The van der Waals surface area contributed by atoms with Gasteiger partial charge in [0.1, 0.15) is 0 Å². The molecule has 2 fully saturated rings. The Hall–Kier alpha value is -1.30. The molecule has 0 aromatic carbocycles. The highest BCUT2D eigenvalue weighted by atomic mass is 16.2. The molecule has 3 amide bonds. The fourth-order valence-corrected chi connectivity index (χ4v) is 3.44. The minimum Gasteiger partial charge on any atom is -0.339 e. The summed E-state index contributed by atoms with van der Waals surface area (Å²) in [6.07, 6.45) is 2.93. The first-order chi connectivity index (χ1) is 10.1. The lowest BCUT2D eigenvalue weighted by Crippen LogP contribution is -2.56. The Labute approximate surface area is 127 Å². The Balaban J connectivity index is 1.92. The molecule has 6 nitrogen and oxygen atoms in total. The number of nitrogens with zero attached hydrogens (tertiary/aromatic N) is 2. The number of nitrogens with one attached hydrogen (secondary N) is 2. The van der Waals surface area contributed by atoms with Gasteiger partial charge in [-0.2, -0.15) is 0 Å². The smallest absolute Gasteiger partial charge is 0.317 e. The minimum absolute atomic E-state index is 0.0181. The van der Waals surface area contributed by atoms with Gasteiger partial charge in [0.2, 0.25) is 5.91 Å². The molecule has 0 aromatic rings. The molecule has 0 spiro atoms. The molecule has 2 aliphatic heterocycles. The highest BCUT2D eigenvalue weighted by molar-refractivity contribution is 5.84. The van der Waals surface area contributed by atoms with Crippen LogP contribution in [0.2, 0.25) is 0 Å². The summed E-state index contributed by atoms with van der Waals surface area (Å²) in [7, 11) is 0. The van der Waals surface area contributed by atoms with Gasteiger partial charge in [0.05, 0.1) is 5.41 Å². The van der Waals surface area contributed by atoms with E-state index in [-0.39, 0.29) is 17.4 Å². The summed E-state index contributed by atoms with van der Waals surface area (Å²) in [6.45, 7) is 9.01. The summed E-state index contributed by atoms with van der Waals surface area (Å²) in [6, 6.07) is -0.0181. The summed E-state index contributed by atoms with van der Waals surface area (Å²) < 4.78 is 0. The van der Waals surface area contributed by atoms with Crippen molar-refractivity contribution in [2.75, 3.05) is 45.8 Å². The Morgan fingerprint density at radius 2 is 1.81 bits per heavy atom. The number of urea groups is 1. The van der Waals surface area contributed by atoms with Gasteiger partial charge in [-0.05, 0) is 26.3 Å². The van der Waals surface area contributed by atoms with Gasteiger partial charge >= 0.3 is 6.03 Å². The minimum atomic E-state index is -0.206. The topological polar surface area (TPSA) is 64.7 Å². The second-order valence-electron chi connectivity index (χ2n) is 6.07. The number of piperazine rings is 1. The van der Waals surface area contributed by atoms with Crippen LogP contribution in [-0.4, -0.2) is 67.6 Å². The Kier molecular flexibility index (Phi) is 5.45. The van der Waals surface area contributed by atoms with Crippen LogP contribution in [0.3, 0.4) is 0 Å². The van der Waals surface area contributed by atoms with Crippen molar-refractivity contribution >= 4 is 11.9 Å². The standard InChI is InChI=1S/C15H28N4O2/c1-3-5-15(6-7-16-12-15)13(20)18-8-10-19(11-9-18)14(21)17-4-2/h16H,3-12H2,1-2H3,(H,17,21). The van der Waals surface area contributed by atoms with Crippen LogP contribution in [0, 0.1) is 5.41 Å². The molecule has 21 heavy (non-hydrogen) atoms. The van der Waals surface area contributed by atoms with E-state index in [1.807, 2.05) is 11.8 Å². The predicted molar refractivity (Wildman–Crippen MR) is 82.1 cm³/mol. The van der Waals surface area contributed by atoms with E-state index >= 15 is 0 Å². The van der Waals surface area contributed by atoms with Gasteiger partial charge in [0.25, 0.3) is 0 Å². The van der Waals surface area contributed by atoms with Gasteiger partial charge in [0, 0.05) is 39.3 Å². The molecule has 0 bridgehead atoms. The number of hydrogen-bond acceptors (Lipinski definition) is 3. The number of carbonyl (C=O) groups is 2. The predicted octanol–water partition coefficient (Wildman–Crippen LogP) is 0.640. The maximum Gasteiger partial charge on any atom is 0.317 e.